The lowest BCUT2D eigenvalue weighted by Crippen LogP contribution is -2.43. The van der Waals surface area contributed by atoms with Gasteiger partial charge in [0, 0.05) is 37.1 Å². The van der Waals surface area contributed by atoms with Gasteiger partial charge in [0.2, 0.25) is 5.91 Å². The van der Waals surface area contributed by atoms with Crippen LogP contribution in [0.25, 0.3) is 0 Å². The van der Waals surface area contributed by atoms with E-state index in [-0.39, 0.29) is 11.9 Å². The van der Waals surface area contributed by atoms with Crippen LogP contribution in [0.15, 0.2) is 24.4 Å². The molecule has 1 aliphatic carbocycles. The zero-order valence-corrected chi connectivity index (χ0v) is 14.8. The SMILES string of the molecule is Cc1nn(C)c(C)c1CN(C1CC1)C(C)C(=O)Nc1ccccn1. The van der Waals surface area contributed by atoms with Crippen molar-refractivity contribution in [2.24, 2.45) is 7.05 Å². The van der Waals surface area contributed by atoms with Gasteiger partial charge in [0.1, 0.15) is 5.82 Å². The average molecular weight is 327 g/mol. The van der Waals surface area contributed by atoms with E-state index in [0.717, 1.165) is 30.8 Å². The molecule has 2 aromatic rings. The van der Waals surface area contributed by atoms with Crippen LogP contribution < -0.4 is 5.32 Å². The van der Waals surface area contributed by atoms with Crippen LogP contribution >= 0.6 is 0 Å². The molecule has 1 unspecified atom stereocenters. The van der Waals surface area contributed by atoms with E-state index < -0.39 is 0 Å². The van der Waals surface area contributed by atoms with E-state index in [2.05, 4.69) is 27.2 Å². The first kappa shape index (κ1) is 16.6. The summed E-state index contributed by atoms with van der Waals surface area (Å²) in [7, 11) is 1.96. The quantitative estimate of drug-likeness (QED) is 0.885. The fraction of sp³-hybridized carbons (Fsp3) is 0.500. The Morgan fingerprint density at radius 2 is 2.17 bits per heavy atom. The van der Waals surface area contributed by atoms with Crippen molar-refractivity contribution in [2.75, 3.05) is 5.32 Å². The molecule has 6 nitrogen and oxygen atoms in total. The molecule has 24 heavy (non-hydrogen) atoms. The molecule has 1 aliphatic rings. The molecular weight excluding hydrogens is 302 g/mol. The number of hydrogen-bond donors (Lipinski definition) is 1. The summed E-state index contributed by atoms with van der Waals surface area (Å²) in [6.07, 6.45) is 3.99. The van der Waals surface area contributed by atoms with Crippen LogP contribution in [-0.4, -0.2) is 37.7 Å². The summed E-state index contributed by atoms with van der Waals surface area (Å²) in [6, 6.07) is 5.78. The average Bonchev–Trinajstić information content (AvgIpc) is 3.36. The number of nitrogens with zero attached hydrogens (tertiary/aromatic N) is 4. The molecule has 0 saturated heterocycles. The highest BCUT2D eigenvalue weighted by atomic mass is 16.2. The Labute approximate surface area is 142 Å². The van der Waals surface area contributed by atoms with Crippen LogP contribution in [0.2, 0.25) is 0 Å². The van der Waals surface area contributed by atoms with Crippen LogP contribution in [-0.2, 0) is 18.4 Å². The van der Waals surface area contributed by atoms with Gasteiger partial charge in [-0.25, -0.2) is 4.98 Å². The summed E-state index contributed by atoms with van der Waals surface area (Å²) in [6.45, 7) is 6.84. The van der Waals surface area contributed by atoms with Gasteiger partial charge in [0.25, 0.3) is 0 Å². The topological polar surface area (TPSA) is 63.1 Å². The number of carbonyl (C=O) groups excluding carboxylic acids is 1. The number of pyridine rings is 1. The van der Waals surface area contributed by atoms with Crippen LogP contribution in [0, 0.1) is 13.8 Å². The van der Waals surface area contributed by atoms with Crippen molar-refractivity contribution in [1.82, 2.24) is 19.7 Å². The molecule has 1 saturated carbocycles. The van der Waals surface area contributed by atoms with Gasteiger partial charge in [-0.2, -0.15) is 5.10 Å². The van der Waals surface area contributed by atoms with E-state index in [9.17, 15) is 4.79 Å². The van der Waals surface area contributed by atoms with Crippen molar-refractivity contribution < 1.29 is 4.79 Å². The Balaban J connectivity index is 1.74. The number of amides is 1. The van der Waals surface area contributed by atoms with E-state index in [1.165, 1.54) is 5.56 Å². The Morgan fingerprint density at radius 3 is 2.71 bits per heavy atom. The van der Waals surface area contributed by atoms with Crippen molar-refractivity contribution in [2.45, 2.75) is 52.2 Å². The summed E-state index contributed by atoms with van der Waals surface area (Å²) < 4.78 is 1.91. The smallest absolute Gasteiger partial charge is 0.242 e. The third-order valence-corrected chi connectivity index (χ3v) is 4.81. The molecule has 0 aromatic carbocycles. The van der Waals surface area contributed by atoms with Gasteiger partial charge in [-0.1, -0.05) is 6.07 Å². The number of carbonyl (C=O) groups is 1. The molecule has 0 bridgehead atoms. The second kappa shape index (κ2) is 6.73. The predicted octanol–water partition coefficient (Wildman–Crippen LogP) is 2.42. The highest BCUT2D eigenvalue weighted by Gasteiger charge is 2.36. The number of nitrogens with one attached hydrogen (secondary N) is 1. The summed E-state index contributed by atoms with van der Waals surface area (Å²) in [4.78, 5) is 19.1. The third kappa shape index (κ3) is 3.48. The first-order valence-electron chi connectivity index (χ1n) is 8.44. The fourth-order valence-corrected chi connectivity index (χ4v) is 3.04. The summed E-state index contributed by atoms with van der Waals surface area (Å²) >= 11 is 0. The molecule has 6 heteroatoms. The molecule has 0 radical (unpaired) electrons. The van der Waals surface area contributed by atoms with Crippen LogP contribution in [0.4, 0.5) is 5.82 Å². The Kier molecular flexibility index (Phi) is 4.66. The Bertz CT molecular complexity index is 721. The van der Waals surface area contributed by atoms with Crippen molar-refractivity contribution in [1.29, 1.82) is 0 Å². The Morgan fingerprint density at radius 1 is 1.42 bits per heavy atom. The molecule has 1 N–H and O–H groups in total. The number of rotatable bonds is 6. The lowest BCUT2D eigenvalue weighted by Gasteiger charge is -2.28. The molecule has 2 heterocycles. The molecule has 1 fully saturated rings. The normalized spacial score (nSPS) is 15.5. The zero-order chi connectivity index (χ0) is 17.3. The van der Waals surface area contributed by atoms with E-state index in [1.54, 1.807) is 6.20 Å². The van der Waals surface area contributed by atoms with E-state index in [4.69, 9.17) is 0 Å². The minimum Gasteiger partial charge on any atom is -0.309 e. The zero-order valence-electron chi connectivity index (χ0n) is 14.8. The van der Waals surface area contributed by atoms with Crippen molar-refractivity contribution in [3.8, 4) is 0 Å². The third-order valence-electron chi connectivity index (χ3n) is 4.81. The van der Waals surface area contributed by atoms with Gasteiger partial charge in [-0.3, -0.25) is 14.4 Å². The first-order valence-corrected chi connectivity index (χ1v) is 8.44. The first-order chi connectivity index (χ1) is 11.5. The largest absolute Gasteiger partial charge is 0.309 e. The maximum absolute atomic E-state index is 12.6. The lowest BCUT2D eigenvalue weighted by molar-refractivity contribution is -0.121. The van der Waals surface area contributed by atoms with E-state index in [0.29, 0.717) is 11.9 Å². The number of aryl methyl sites for hydroxylation is 2. The second-order valence-electron chi connectivity index (χ2n) is 6.56. The van der Waals surface area contributed by atoms with Gasteiger partial charge in [-0.05, 0) is 45.7 Å². The molecule has 2 aromatic heterocycles. The monoisotopic (exact) mass is 327 g/mol. The van der Waals surface area contributed by atoms with Gasteiger partial charge < -0.3 is 5.32 Å². The van der Waals surface area contributed by atoms with Gasteiger partial charge in [0.05, 0.1) is 11.7 Å². The fourth-order valence-electron chi connectivity index (χ4n) is 3.04. The number of anilines is 1. The molecular formula is C18H25N5O. The van der Waals surface area contributed by atoms with E-state index in [1.807, 2.05) is 43.8 Å². The highest BCUT2D eigenvalue weighted by Crippen LogP contribution is 2.31. The predicted molar refractivity (Wildman–Crippen MR) is 93.6 cm³/mol. The minimum atomic E-state index is -0.210. The van der Waals surface area contributed by atoms with Crippen molar-refractivity contribution in [3.63, 3.8) is 0 Å². The maximum Gasteiger partial charge on any atom is 0.242 e. The molecule has 1 amide bonds. The van der Waals surface area contributed by atoms with Crippen molar-refractivity contribution in [3.05, 3.63) is 41.3 Å². The Hall–Kier alpha value is -2.21. The van der Waals surface area contributed by atoms with Gasteiger partial charge >= 0.3 is 0 Å². The molecule has 3 rings (SSSR count). The lowest BCUT2D eigenvalue weighted by atomic mass is 10.1. The van der Waals surface area contributed by atoms with Crippen LogP contribution in [0.5, 0.6) is 0 Å². The summed E-state index contributed by atoms with van der Waals surface area (Å²) in [5, 5.41) is 7.41. The molecule has 0 aliphatic heterocycles. The van der Waals surface area contributed by atoms with Gasteiger partial charge in [-0.15, -0.1) is 0 Å². The second-order valence-corrected chi connectivity index (χ2v) is 6.56. The highest BCUT2D eigenvalue weighted by molar-refractivity contribution is 5.93. The van der Waals surface area contributed by atoms with Gasteiger partial charge in [0.15, 0.2) is 0 Å². The number of aromatic nitrogens is 3. The number of hydrogen-bond acceptors (Lipinski definition) is 4. The minimum absolute atomic E-state index is 0.0141. The summed E-state index contributed by atoms with van der Waals surface area (Å²) in [5.74, 6) is 0.582. The van der Waals surface area contributed by atoms with Crippen molar-refractivity contribution >= 4 is 11.7 Å². The molecule has 128 valence electrons. The standard InChI is InChI=1S/C18H25N5O/c1-12-16(13(2)22(4)21-12)11-23(15-8-9-15)14(3)18(24)20-17-7-5-6-10-19-17/h5-7,10,14-15H,8-9,11H2,1-4H3,(H,19,20,24). The van der Waals surface area contributed by atoms with Crippen LogP contribution in [0.3, 0.4) is 0 Å². The maximum atomic E-state index is 12.6. The molecule has 0 spiro atoms. The van der Waals surface area contributed by atoms with E-state index >= 15 is 0 Å². The summed E-state index contributed by atoms with van der Waals surface area (Å²) in [5.41, 5.74) is 3.43. The molecule has 1 atom stereocenters. The van der Waals surface area contributed by atoms with Crippen LogP contribution in [0.1, 0.15) is 36.7 Å².